The van der Waals surface area contributed by atoms with Gasteiger partial charge in [-0.3, -0.25) is 14.2 Å². The number of aromatic nitrogens is 2. The number of halogens is 1. The molecule has 0 aliphatic carbocycles. The monoisotopic (exact) mass is 411 g/mol. The molecule has 0 fully saturated rings. The molecule has 2 N–H and O–H groups in total. The van der Waals surface area contributed by atoms with E-state index in [4.69, 9.17) is 11.6 Å². The Morgan fingerprint density at radius 3 is 2.62 bits per heavy atom. The van der Waals surface area contributed by atoms with Gasteiger partial charge in [0.05, 0.1) is 0 Å². The number of hydrogen-bond acceptors (Lipinski definition) is 4. The molecule has 0 atom stereocenters. The highest BCUT2D eigenvalue weighted by Crippen LogP contribution is 2.21. The molecule has 29 heavy (non-hydrogen) atoms. The lowest BCUT2D eigenvalue weighted by Crippen LogP contribution is -2.35. The van der Waals surface area contributed by atoms with E-state index in [2.05, 4.69) is 10.3 Å². The summed E-state index contributed by atoms with van der Waals surface area (Å²) in [5.41, 5.74) is 2.20. The molecule has 0 radical (unpaired) electrons. The molecule has 1 amide bonds. The Morgan fingerprint density at radius 2 is 1.93 bits per heavy atom. The lowest BCUT2D eigenvalue weighted by molar-refractivity contribution is -0.121. The smallest absolute Gasteiger partial charge is 0.257 e. The average molecular weight is 412 g/mol. The second kappa shape index (κ2) is 9.49. The van der Waals surface area contributed by atoms with Crippen LogP contribution in [0.1, 0.15) is 16.8 Å². The second-order valence-corrected chi connectivity index (χ2v) is 7.07. The molecular formula is C22H22ClN3O3. The molecule has 1 aromatic heterocycles. The predicted molar refractivity (Wildman–Crippen MR) is 113 cm³/mol. The topological polar surface area (TPSA) is 84.2 Å². The van der Waals surface area contributed by atoms with E-state index in [0.29, 0.717) is 34.2 Å². The van der Waals surface area contributed by atoms with Crippen LogP contribution in [-0.2, 0) is 24.3 Å². The van der Waals surface area contributed by atoms with Crippen LogP contribution in [0.2, 0.25) is 5.02 Å². The maximum atomic E-state index is 13.1. The van der Waals surface area contributed by atoms with Crippen molar-refractivity contribution in [3.63, 3.8) is 0 Å². The minimum Gasteiger partial charge on any atom is -0.396 e. The van der Waals surface area contributed by atoms with Crippen molar-refractivity contribution >= 4 is 17.5 Å². The molecule has 0 unspecified atom stereocenters. The Hall–Kier alpha value is -2.96. The highest BCUT2D eigenvalue weighted by molar-refractivity contribution is 6.30. The van der Waals surface area contributed by atoms with Gasteiger partial charge >= 0.3 is 0 Å². The molecule has 0 aliphatic rings. The number of aryl methyl sites for hydroxylation is 1. The van der Waals surface area contributed by atoms with Gasteiger partial charge in [0.15, 0.2) is 0 Å². The lowest BCUT2D eigenvalue weighted by Gasteiger charge is -2.16. The second-order valence-electron chi connectivity index (χ2n) is 6.64. The third kappa shape index (κ3) is 5.10. The summed E-state index contributed by atoms with van der Waals surface area (Å²) in [6, 6.07) is 16.5. The quantitative estimate of drug-likeness (QED) is 0.626. The maximum absolute atomic E-state index is 13.1. The number of carbonyl (C=O) groups excluding carboxylic acids is 1. The molecule has 0 aliphatic heterocycles. The first-order valence-electron chi connectivity index (χ1n) is 9.27. The van der Waals surface area contributed by atoms with Crippen LogP contribution in [0.4, 0.5) is 0 Å². The summed E-state index contributed by atoms with van der Waals surface area (Å²) in [5, 5.41) is 12.6. The molecule has 150 valence electrons. The Labute approximate surface area is 173 Å². The van der Waals surface area contributed by atoms with Crippen molar-refractivity contribution in [3.8, 4) is 11.4 Å². The highest BCUT2D eigenvalue weighted by Gasteiger charge is 2.17. The molecule has 3 rings (SSSR count). The number of aliphatic hydroxyl groups is 1. The van der Waals surface area contributed by atoms with E-state index in [-0.39, 0.29) is 31.0 Å². The number of hydrogen-bond donors (Lipinski definition) is 2. The molecule has 0 saturated heterocycles. The molecule has 0 spiro atoms. The predicted octanol–water partition coefficient (Wildman–Crippen LogP) is 2.72. The number of nitrogens with zero attached hydrogens (tertiary/aromatic N) is 2. The highest BCUT2D eigenvalue weighted by atomic mass is 35.5. The van der Waals surface area contributed by atoms with E-state index in [0.717, 1.165) is 5.56 Å². The van der Waals surface area contributed by atoms with Gasteiger partial charge in [-0.25, -0.2) is 4.98 Å². The largest absolute Gasteiger partial charge is 0.396 e. The zero-order chi connectivity index (χ0) is 20.8. The van der Waals surface area contributed by atoms with Crippen LogP contribution in [0.3, 0.4) is 0 Å². The Morgan fingerprint density at radius 1 is 1.17 bits per heavy atom. The van der Waals surface area contributed by atoms with E-state index < -0.39 is 0 Å². The molecule has 1 heterocycles. The number of benzene rings is 2. The van der Waals surface area contributed by atoms with Crippen LogP contribution in [-0.4, -0.2) is 27.2 Å². The van der Waals surface area contributed by atoms with Gasteiger partial charge in [0.1, 0.15) is 12.4 Å². The number of amides is 1. The van der Waals surface area contributed by atoms with Gasteiger partial charge in [-0.15, -0.1) is 0 Å². The fraction of sp³-hybridized carbons (Fsp3) is 0.227. The van der Waals surface area contributed by atoms with Gasteiger partial charge in [0, 0.05) is 41.4 Å². The Bertz CT molecular complexity index is 1060. The maximum Gasteiger partial charge on any atom is 0.257 e. The first-order valence-corrected chi connectivity index (χ1v) is 9.65. The van der Waals surface area contributed by atoms with Gasteiger partial charge in [0.25, 0.3) is 5.56 Å². The number of rotatable bonds is 7. The van der Waals surface area contributed by atoms with E-state index in [1.54, 1.807) is 31.2 Å². The van der Waals surface area contributed by atoms with Crippen molar-refractivity contribution in [2.75, 3.05) is 6.61 Å². The molecule has 7 heteroatoms. The Kier molecular flexibility index (Phi) is 6.80. The van der Waals surface area contributed by atoms with Crippen LogP contribution in [0, 0.1) is 6.92 Å². The van der Waals surface area contributed by atoms with Crippen LogP contribution in [0.25, 0.3) is 11.4 Å². The fourth-order valence-corrected chi connectivity index (χ4v) is 3.28. The summed E-state index contributed by atoms with van der Waals surface area (Å²) >= 11 is 6.10. The van der Waals surface area contributed by atoms with Crippen molar-refractivity contribution in [3.05, 3.63) is 86.8 Å². The molecule has 0 saturated carbocycles. The van der Waals surface area contributed by atoms with Crippen LogP contribution >= 0.6 is 11.6 Å². The normalized spacial score (nSPS) is 10.7. The van der Waals surface area contributed by atoms with E-state index >= 15 is 0 Å². The van der Waals surface area contributed by atoms with Crippen molar-refractivity contribution in [2.24, 2.45) is 0 Å². The molecule has 6 nitrogen and oxygen atoms in total. The van der Waals surface area contributed by atoms with Gasteiger partial charge in [0.2, 0.25) is 5.91 Å². The van der Waals surface area contributed by atoms with Gasteiger partial charge in [-0.1, -0.05) is 54.1 Å². The summed E-state index contributed by atoms with van der Waals surface area (Å²) in [6.07, 6.45) is 0.180. The van der Waals surface area contributed by atoms with E-state index in [1.165, 1.54) is 4.57 Å². The molecular weight excluding hydrogens is 390 g/mol. The SMILES string of the molecule is Cc1nc(-c2cccc(Cl)c2)n(CC(=O)NCc2ccccc2)c(=O)c1CCO. The first-order chi connectivity index (χ1) is 14.0. The van der Waals surface area contributed by atoms with Gasteiger partial charge in [-0.2, -0.15) is 0 Å². The zero-order valence-electron chi connectivity index (χ0n) is 16.1. The van der Waals surface area contributed by atoms with Crippen molar-refractivity contribution in [2.45, 2.75) is 26.4 Å². The van der Waals surface area contributed by atoms with Gasteiger partial charge in [-0.05, 0) is 24.6 Å². The summed E-state index contributed by atoms with van der Waals surface area (Å²) in [5.74, 6) is 0.0615. The van der Waals surface area contributed by atoms with Crippen molar-refractivity contribution in [1.29, 1.82) is 0 Å². The summed E-state index contributed by atoms with van der Waals surface area (Å²) in [6.45, 7) is 1.73. The standard InChI is InChI=1S/C22H22ClN3O3/c1-15-19(10-11-27)22(29)26(21(25-15)17-8-5-9-18(23)12-17)14-20(28)24-13-16-6-3-2-4-7-16/h2-9,12,27H,10-11,13-14H2,1H3,(H,24,28). The van der Waals surface area contributed by atoms with Crippen LogP contribution in [0.15, 0.2) is 59.4 Å². The third-order valence-corrected chi connectivity index (χ3v) is 4.78. The van der Waals surface area contributed by atoms with E-state index in [1.807, 2.05) is 30.3 Å². The molecule has 0 bridgehead atoms. The number of aliphatic hydroxyl groups excluding tert-OH is 1. The summed E-state index contributed by atoms with van der Waals surface area (Å²) < 4.78 is 1.34. The summed E-state index contributed by atoms with van der Waals surface area (Å²) in [7, 11) is 0. The molecule has 3 aromatic rings. The van der Waals surface area contributed by atoms with Crippen LogP contribution in [0.5, 0.6) is 0 Å². The lowest BCUT2D eigenvalue weighted by atomic mass is 10.1. The fourth-order valence-electron chi connectivity index (χ4n) is 3.09. The Balaban J connectivity index is 1.95. The summed E-state index contributed by atoms with van der Waals surface area (Å²) in [4.78, 5) is 30.2. The van der Waals surface area contributed by atoms with Crippen molar-refractivity contribution < 1.29 is 9.90 Å². The first kappa shape index (κ1) is 20.8. The number of carbonyl (C=O) groups is 1. The average Bonchev–Trinajstić information content (AvgIpc) is 2.72. The van der Waals surface area contributed by atoms with Gasteiger partial charge < -0.3 is 10.4 Å². The zero-order valence-corrected chi connectivity index (χ0v) is 16.8. The minimum atomic E-state index is -0.337. The molecule has 2 aromatic carbocycles. The minimum absolute atomic E-state index is 0.172. The van der Waals surface area contributed by atoms with E-state index in [9.17, 15) is 14.7 Å². The third-order valence-electron chi connectivity index (χ3n) is 4.55. The van der Waals surface area contributed by atoms with Crippen molar-refractivity contribution in [1.82, 2.24) is 14.9 Å². The van der Waals surface area contributed by atoms with Crippen LogP contribution < -0.4 is 10.9 Å². The number of nitrogens with one attached hydrogen (secondary N) is 1.